The Morgan fingerprint density at radius 2 is 2.00 bits per heavy atom. The maximum Gasteiger partial charge on any atom is 0.337 e. The Bertz CT molecular complexity index is 701. The van der Waals surface area contributed by atoms with E-state index in [9.17, 15) is 9.18 Å². The molecule has 0 spiro atoms. The second-order valence-electron chi connectivity index (χ2n) is 4.16. The fraction of sp³-hybridized carbons (Fsp3) is 0.133. The highest BCUT2D eigenvalue weighted by Gasteiger charge is 2.16. The van der Waals surface area contributed by atoms with Gasteiger partial charge in [-0.1, -0.05) is 24.8 Å². The summed E-state index contributed by atoms with van der Waals surface area (Å²) in [6, 6.07) is 6.73. The number of halogens is 1. The summed E-state index contributed by atoms with van der Waals surface area (Å²) in [4.78, 5) is 18.9. The summed E-state index contributed by atoms with van der Waals surface area (Å²) in [6.07, 6.45) is 1.06. The number of benzene rings is 1. The van der Waals surface area contributed by atoms with Gasteiger partial charge < -0.3 is 9.47 Å². The topological polar surface area (TPSA) is 61.3 Å². The van der Waals surface area contributed by atoms with Crippen LogP contribution in [-0.4, -0.2) is 23.0 Å². The quantitative estimate of drug-likeness (QED) is 0.492. The van der Waals surface area contributed by atoms with Gasteiger partial charge in [-0.2, -0.15) is 4.39 Å². The van der Waals surface area contributed by atoms with Crippen molar-refractivity contribution in [1.29, 1.82) is 0 Å². The molecule has 0 radical (unpaired) electrons. The van der Waals surface area contributed by atoms with E-state index in [0.717, 1.165) is 6.33 Å². The number of carbonyl (C=O) groups is 1. The fourth-order valence-corrected chi connectivity index (χ4v) is 1.66. The summed E-state index contributed by atoms with van der Waals surface area (Å²) in [5.41, 5.74) is 0.763. The normalized spacial score (nSPS) is 10.0. The molecule has 2 aromatic rings. The smallest absolute Gasteiger partial charge is 0.337 e. The van der Waals surface area contributed by atoms with Crippen LogP contribution in [0, 0.1) is 12.9 Å². The molecule has 0 aliphatic heterocycles. The van der Waals surface area contributed by atoms with Crippen molar-refractivity contribution in [3.63, 3.8) is 0 Å². The van der Waals surface area contributed by atoms with Gasteiger partial charge in [-0.3, -0.25) is 0 Å². The fourth-order valence-electron chi connectivity index (χ4n) is 1.66. The molecule has 0 atom stereocenters. The van der Waals surface area contributed by atoms with E-state index in [4.69, 9.17) is 4.74 Å². The van der Waals surface area contributed by atoms with Gasteiger partial charge in [0, 0.05) is 5.56 Å². The first kappa shape index (κ1) is 14.6. The summed E-state index contributed by atoms with van der Waals surface area (Å²) in [6.45, 7) is 5.18. The number of ether oxygens (including phenoxy) is 2. The van der Waals surface area contributed by atoms with E-state index >= 15 is 0 Å². The van der Waals surface area contributed by atoms with Crippen LogP contribution < -0.4 is 4.74 Å². The Hall–Kier alpha value is -2.76. The zero-order valence-electron chi connectivity index (χ0n) is 11.6. The number of rotatable bonds is 4. The van der Waals surface area contributed by atoms with Crippen molar-refractivity contribution in [1.82, 2.24) is 9.97 Å². The average Bonchev–Trinajstić information content (AvgIpc) is 2.51. The molecule has 0 aliphatic carbocycles. The van der Waals surface area contributed by atoms with E-state index in [1.807, 2.05) is 0 Å². The van der Waals surface area contributed by atoms with Gasteiger partial charge in [-0.15, -0.1) is 0 Å². The molecule has 0 amide bonds. The van der Waals surface area contributed by atoms with Gasteiger partial charge in [-0.25, -0.2) is 14.8 Å². The number of hydrogen-bond donors (Lipinski definition) is 0. The molecule has 0 fully saturated rings. The van der Waals surface area contributed by atoms with Gasteiger partial charge in [0.05, 0.1) is 18.2 Å². The first-order valence-corrected chi connectivity index (χ1v) is 6.06. The molecule has 21 heavy (non-hydrogen) atoms. The molecule has 5 nitrogen and oxygen atoms in total. The Labute approximate surface area is 121 Å². The average molecular weight is 288 g/mol. The molecule has 6 heteroatoms. The van der Waals surface area contributed by atoms with Crippen molar-refractivity contribution in [2.24, 2.45) is 0 Å². The van der Waals surface area contributed by atoms with Crippen molar-refractivity contribution < 1.29 is 18.7 Å². The molecular weight excluding hydrogens is 275 g/mol. The Morgan fingerprint density at radius 3 is 2.71 bits per heavy atom. The lowest BCUT2D eigenvalue weighted by molar-refractivity contribution is -0.133. The second-order valence-corrected chi connectivity index (χ2v) is 4.16. The molecule has 0 bridgehead atoms. The molecule has 0 saturated carbocycles. The monoisotopic (exact) mass is 288 g/mol. The van der Waals surface area contributed by atoms with Crippen molar-refractivity contribution in [3.8, 4) is 11.6 Å². The van der Waals surface area contributed by atoms with Gasteiger partial charge in [0.25, 0.3) is 0 Å². The largest absolute Gasteiger partial charge is 0.465 e. The lowest BCUT2D eigenvalue weighted by Crippen LogP contribution is -2.04. The Balaban J connectivity index is 2.39. The van der Waals surface area contributed by atoms with E-state index in [1.54, 1.807) is 24.3 Å². The van der Waals surface area contributed by atoms with Crippen LogP contribution in [0.2, 0.25) is 0 Å². The molecule has 1 aromatic carbocycles. The van der Waals surface area contributed by atoms with Gasteiger partial charge in [0.2, 0.25) is 11.8 Å². The van der Waals surface area contributed by atoms with E-state index in [1.165, 1.54) is 14.0 Å². The summed E-state index contributed by atoms with van der Waals surface area (Å²) in [5, 5.41) is 0. The van der Waals surface area contributed by atoms with Crippen molar-refractivity contribution in [2.75, 3.05) is 7.11 Å². The van der Waals surface area contributed by atoms with E-state index < -0.39 is 11.9 Å². The third-order valence-electron chi connectivity index (χ3n) is 2.83. The molecule has 0 saturated heterocycles. The van der Waals surface area contributed by atoms with Crippen molar-refractivity contribution in [2.45, 2.75) is 6.92 Å². The number of hydrogen-bond acceptors (Lipinski definition) is 5. The van der Waals surface area contributed by atoms with Crippen molar-refractivity contribution in [3.05, 3.63) is 54.2 Å². The predicted octanol–water partition coefficient (Wildman–Crippen LogP) is 2.90. The minimum absolute atomic E-state index is 0.0765. The summed E-state index contributed by atoms with van der Waals surface area (Å²) in [7, 11) is 1.26. The Morgan fingerprint density at radius 1 is 1.29 bits per heavy atom. The molecular formula is C15H13FN2O3. The lowest BCUT2D eigenvalue weighted by atomic mass is 10.1. The molecule has 108 valence electrons. The molecule has 0 aliphatic rings. The summed E-state index contributed by atoms with van der Waals surface area (Å²) in [5.74, 6) is -0.831. The van der Waals surface area contributed by atoms with Crippen LogP contribution in [0.25, 0.3) is 5.57 Å². The Kier molecular flexibility index (Phi) is 4.27. The molecule has 0 unspecified atom stereocenters. The SMILES string of the molecule is C=C(C(=O)OC)c1ccccc1Oc1ncnc(F)c1C. The van der Waals surface area contributed by atoms with Crippen LogP contribution in [0.3, 0.4) is 0 Å². The van der Waals surface area contributed by atoms with E-state index in [0.29, 0.717) is 11.3 Å². The highest BCUT2D eigenvalue weighted by atomic mass is 19.1. The number of carbonyl (C=O) groups excluding carboxylic acids is 1. The number of methoxy groups -OCH3 is 1. The molecule has 2 rings (SSSR count). The van der Waals surface area contributed by atoms with Crippen LogP contribution in [0.5, 0.6) is 11.6 Å². The van der Waals surface area contributed by atoms with Crippen LogP contribution in [0.4, 0.5) is 4.39 Å². The van der Waals surface area contributed by atoms with Crippen LogP contribution >= 0.6 is 0 Å². The maximum absolute atomic E-state index is 13.4. The molecule has 1 aromatic heterocycles. The highest BCUT2D eigenvalue weighted by Crippen LogP contribution is 2.30. The zero-order valence-corrected chi connectivity index (χ0v) is 11.6. The standard InChI is InChI=1S/C15H13FN2O3/c1-9(15(19)20-3)11-6-4-5-7-12(11)21-14-10(2)13(16)17-8-18-14/h4-8H,1H2,2-3H3. The van der Waals surface area contributed by atoms with Crippen molar-refractivity contribution >= 4 is 11.5 Å². The minimum Gasteiger partial charge on any atom is -0.465 e. The van der Waals surface area contributed by atoms with Gasteiger partial charge in [-0.05, 0) is 13.0 Å². The van der Waals surface area contributed by atoms with E-state index in [-0.39, 0.29) is 17.0 Å². The third-order valence-corrected chi connectivity index (χ3v) is 2.83. The lowest BCUT2D eigenvalue weighted by Gasteiger charge is -2.12. The number of nitrogens with zero attached hydrogens (tertiary/aromatic N) is 2. The third kappa shape index (κ3) is 3.05. The highest BCUT2D eigenvalue weighted by molar-refractivity contribution is 6.16. The minimum atomic E-state index is -0.663. The van der Waals surface area contributed by atoms with Crippen LogP contribution in [0.1, 0.15) is 11.1 Å². The predicted molar refractivity (Wildman–Crippen MR) is 74.3 cm³/mol. The van der Waals surface area contributed by atoms with Gasteiger partial charge >= 0.3 is 5.97 Å². The molecule has 1 heterocycles. The van der Waals surface area contributed by atoms with Crippen LogP contribution in [0.15, 0.2) is 37.2 Å². The molecule has 0 N–H and O–H groups in total. The van der Waals surface area contributed by atoms with E-state index in [2.05, 4.69) is 21.3 Å². The van der Waals surface area contributed by atoms with Gasteiger partial charge in [0.15, 0.2) is 0 Å². The zero-order chi connectivity index (χ0) is 15.4. The number of para-hydroxylation sites is 1. The second kappa shape index (κ2) is 6.13. The first-order valence-electron chi connectivity index (χ1n) is 6.06. The van der Waals surface area contributed by atoms with Crippen LogP contribution in [-0.2, 0) is 9.53 Å². The first-order chi connectivity index (χ1) is 10.0. The number of aromatic nitrogens is 2. The number of esters is 1. The maximum atomic E-state index is 13.4. The summed E-state index contributed by atoms with van der Waals surface area (Å²) < 4.78 is 23.6. The summed E-state index contributed by atoms with van der Waals surface area (Å²) >= 11 is 0. The van der Waals surface area contributed by atoms with Gasteiger partial charge in [0.1, 0.15) is 12.1 Å².